The van der Waals surface area contributed by atoms with Crippen LogP contribution in [0.1, 0.15) is 18.0 Å². The molecule has 1 unspecified atom stereocenters. The van der Waals surface area contributed by atoms with Crippen LogP contribution in [0.25, 0.3) is 0 Å². The number of sulfonamides is 1. The van der Waals surface area contributed by atoms with E-state index in [-0.39, 0.29) is 10.6 Å². The number of anilines is 3. The lowest BCUT2D eigenvalue weighted by Gasteiger charge is -2.22. The summed E-state index contributed by atoms with van der Waals surface area (Å²) >= 11 is 0. The standard InChI is InChI=1S/C23H25N7O5S/c24-16-9-11-17(12-10-16)27-23(33)28-20(14-21(31)32)15-5-4-6-18(13-15)30(29-22(25)26)36(34,35)19-7-2-1-3-8-19/h1-13,20H,14,24H2,(H,31,32)(H4,25,26,29)(H2,27,28,33). The van der Waals surface area contributed by atoms with Crippen LogP contribution < -0.4 is 32.2 Å². The lowest BCUT2D eigenvalue weighted by Crippen LogP contribution is -2.34. The van der Waals surface area contributed by atoms with Crippen LogP contribution in [-0.4, -0.2) is 31.5 Å². The van der Waals surface area contributed by atoms with E-state index in [1.54, 1.807) is 48.5 Å². The van der Waals surface area contributed by atoms with Crippen LogP contribution in [0.2, 0.25) is 0 Å². The van der Waals surface area contributed by atoms with Crippen molar-refractivity contribution < 1.29 is 23.1 Å². The Bertz CT molecular complexity index is 1360. The summed E-state index contributed by atoms with van der Waals surface area (Å²) in [5.41, 5.74) is 17.9. The lowest BCUT2D eigenvalue weighted by molar-refractivity contribution is -0.137. The Hall–Kier alpha value is -4.78. The van der Waals surface area contributed by atoms with Crippen LogP contribution in [0.4, 0.5) is 21.9 Å². The van der Waals surface area contributed by atoms with Crippen molar-refractivity contribution in [3.63, 3.8) is 0 Å². The fraction of sp³-hybridized carbons (Fsp3) is 0.0870. The number of carboxylic acid groups (broad SMARTS) is 1. The summed E-state index contributed by atoms with van der Waals surface area (Å²) in [7, 11) is -4.22. The van der Waals surface area contributed by atoms with Crippen molar-refractivity contribution >= 4 is 45.0 Å². The maximum Gasteiger partial charge on any atom is 0.319 e. The van der Waals surface area contributed by atoms with Gasteiger partial charge in [-0.3, -0.25) is 4.79 Å². The molecule has 0 saturated carbocycles. The average Bonchev–Trinajstić information content (AvgIpc) is 2.84. The highest BCUT2D eigenvalue weighted by Gasteiger charge is 2.27. The number of hydrogen-bond donors (Lipinski definition) is 6. The number of hydrazone groups is 1. The summed E-state index contributed by atoms with van der Waals surface area (Å²) in [6, 6.07) is 18.0. The number of amides is 2. The molecule has 3 aromatic carbocycles. The number of carbonyl (C=O) groups is 2. The first-order valence-electron chi connectivity index (χ1n) is 10.5. The maximum atomic E-state index is 13.3. The number of hydrogen-bond acceptors (Lipinski definition) is 6. The van der Waals surface area contributed by atoms with Crippen molar-refractivity contribution in [1.82, 2.24) is 5.32 Å². The Kier molecular flexibility index (Phi) is 7.96. The number of carbonyl (C=O) groups excluding carboxylic acids is 1. The van der Waals surface area contributed by atoms with Gasteiger partial charge in [0.15, 0.2) is 0 Å². The molecule has 3 rings (SSSR count). The molecule has 12 nitrogen and oxygen atoms in total. The van der Waals surface area contributed by atoms with E-state index in [9.17, 15) is 23.1 Å². The molecule has 1 atom stereocenters. The predicted molar refractivity (Wildman–Crippen MR) is 136 cm³/mol. The van der Waals surface area contributed by atoms with E-state index in [2.05, 4.69) is 15.7 Å². The largest absolute Gasteiger partial charge is 0.481 e. The maximum absolute atomic E-state index is 13.3. The van der Waals surface area contributed by atoms with Crippen molar-refractivity contribution in [2.45, 2.75) is 17.4 Å². The highest BCUT2D eigenvalue weighted by atomic mass is 32.2. The van der Waals surface area contributed by atoms with Gasteiger partial charge in [-0.1, -0.05) is 30.3 Å². The molecule has 0 radical (unpaired) electrons. The number of nitrogens with two attached hydrogens (primary N) is 3. The molecule has 0 fully saturated rings. The number of nitrogens with one attached hydrogen (secondary N) is 2. The molecule has 0 aliphatic heterocycles. The second-order valence-electron chi connectivity index (χ2n) is 7.55. The first kappa shape index (κ1) is 25.8. The predicted octanol–water partition coefficient (Wildman–Crippen LogP) is 1.99. The highest BCUT2D eigenvalue weighted by molar-refractivity contribution is 7.92. The molecular formula is C23H25N7O5S. The van der Waals surface area contributed by atoms with Crippen molar-refractivity contribution in [2.24, 2.45) is 16.6 Å². The fourth-order valence-corrected chi connectivity index (χ4v) is 4.52. The molecule has 3 aromatic rings. The molecule has 2 amide bonds. The zero-order chi connectivity index (χ0) is 26.3. The summed E-state index contributed by atoms with van der Waals surface area (Å²) in [5.74, 6) is -1.70. The van der Waals surface area contributed by atoms with E-state index in [0.717, 1.165) is 0 Å². The third-order valence-electron chi connectivity index (χ3n) is 4.82. The zero-order valence-corrected chi connectivity index (χ0v) is 19.7. The molecule has 0 aliphatic carbocycles. The van der Waals surface area contributed by atoms with Gasteiger partial charge in [-0.2, -0.15) is 12.8 Å². The van der Waals surface area contributed by atoms with E-state index in [1.165, 1.54) is 30.3 Å². The van der Waals surface area contributed by atoms with Gasteiger partial charge in [-0.15, -0.1) is 5.10 Å². The molecule has 9 N–H and O–H groups in total. The SMILES string of the molecule is NC(N)=NN(c1cccc(C(CC(=O)O)NC(=O)Nc2ccc(N)cc2)c1)S(=O)(=O)c1ccccc1. The van der Waals surface area contributed by atoms with Crippen molar-refractivity contribution in [2.75, 3.05) is 15.5 Å². The quantitative estimate of drug-likeness (QED) is 0.108. The second kappa shape index (κ2) is 11.1. The molecule has 0 aliphatic rings. The van der Waals surface area contributed by atoms with E-state index in [1.807, 2.05) is 0 Å². The summed E-state index contributed by atoms with van der Waals surface area (Å²) in [6.45, 7) is 0. The van der Waals surface area contributed by atoms with Gasteiger partial charge in [0.05, 0.1) is 23.0 Å². The molecule has 0 bridgehead atoms. The first-order chi connectivity index (χ1) is 17.1. The van der Waals surface area contributed by atoms with E-state index < -0.39 is 40.4 Å². The van der Waals surface area contributed by atoms with Gasteiger partial charge in [0.1, 0.15) is 0 Å². The number of benzene rings is 3. The Morgan fingerprint density at radius 3 is 2.25 bits per heavy atom. The minimum atomic E-state index is -4.22. The zero-order valence-electron chi connectivity index (χ0n) is 18.9. The van der Waals surface area contributed by atoms with Crippen LogP contribution in [0, 0.1) is 0 Å². The Balaban J connectivity index is 1.94. The van der Waals surface area contributed by atoms with E-state index in [4.69, 9.17) is 17.2 Å². The fourth-order valence-electron chi connectivity index (χ4n) is 3.23. The van der Waals surface area contributed by atoms with Gasteiger partial charge < -0.3 is 32.9 Å². The molecule has 13 heteroatoms. The van der Waals surface area contributed by atoms with Crippen LogP contribution >= 0.6 is 0 Å². The third-order valence-corrected chi connectivity index (χ3v) is 6.44. The molecule has 36 heavy (non-hydrogen) atoms. The second-order valence-corrected chi connectivity index (χ2v) is 9.32. The van der Waals surface area contributed by atoms with E-state index >= 15 is 0 Å². The van der Waals surface area contributed by atoms with Crippen LogP contribution in [0.5, 0.6) is 0 Å². The topological polar surface area (TPSA) is 206 Å². The van der Waals surface area contributed by atoms with Gasteiger partial charge in [-0.25, -0.2) is 4.79 Å². The molecule has 0 saturated heterocycles. The van der Waals surface area contributed by atoms with Gasteiger partial charge in [0.2, 0.25) is 5.96 Å². The van der Waals surface area contributed by atoms with Crippen molar-refractivity contribution in [3.8, 4) is 0 Å². The summed E-state index contributed by atoms with van der Waals surface area (Å²) in [4.78, 5) is 24.0. The average molecular weight is 512 g/mol. The van der Waals surface area contributed by atoms with Crippen molar-refractivity contribution in [3.05, 3.63) is 84.4 Å². The lowest BCUT2D eigenvalue weighted by atomic mass is 10.0. The number of rotatable bonds is 9. The number of carboxylic acids is 1. The minimum Gasteiger partial charge on any atom is -0.481 e. The van der Waals surface area contributed by atoms with Gasteiger partial charge in [0, 0.05) is 11.4 Å². The Morgan fingerprint density at radius 1 is 0.972 bits per heavy atom. The summed E-state index contributed by atoms with van der Waals surface area (Å²) in [5, 5.41) is 18.4. The molecule has 0 spiro atoms. The smallest absolute Gasteiger partial charge is 0.319 e. The monoisotopic (exact) mass is 511 g/mol. The van der Waals surface area contributed by atoms with Crippen LogP contribution in [0.3, 0.4) is 0 Å². The van der Waals surface area contributed by atoms with Gasteiger partial charge in [-0.05, 0) is 54.1 Å². The van der Waals surface area contributed by atoms with Gasteiger partial charge in [0.25, 0.3) is 10.0 Å². The number of nitrogens with zero attached hydrogens (tertiary/aromatic N) is 2. The van der Waals surface area contributed by atoms with Crippen molar-refractivity contribution in [1.29, 1.82) is 0 Å². The number of aliphatic carboxylic acids is 1. The molecule has 0 heterocycles. The van der Waals surface area contributed by atoms with Crippen LogP contribution in [0.15, 0.2) is 88.9 Å². The molecular weight excluding hydrogens is 486 g/mol. The van der Waals surface area contributed by atoms with E-state index in [0.29, 0.717) is 21.4 Å². The summed E-state index contributed by atoms with van der Waals surface area (Å²) in [6.07, 6.45) is -0.480. The third kappa shape index (κ3) is 6.64. The highest BCUT2D eigenvalue weighted by Crippen LogP contribution is 2.28. The van der Waals surface area contributed by atoms with Crippen LogP contribution in [-0.2, 0) is 14.8 Å². The minimum absolute atomic E-state index is 0.0286. The summed E-state index contributed by atoms with van der Waals surface area (Å²) < 4.78 is 27.2. The normalized spacial score (nSPS) is 11.7. The number of urea groups is 1. The number of nitrogen functional groups attached to an aromatic ring is 1. The molecule has 0 aromatic heterocycles. The Labute approximate surface area is 207 Å². The van der Waals surface area contributed by atoms with Gasteiger partial charge >= 0.3 is 12.0 Å². The first-order valence-corrected chi connectivity index (χ1v) is 11.9. The number of guanidine groups is 1. The molecule has 188 valence electrons. The Morgan fingerprint density at radius 2 is 1.64 bits per heavy atom.